The maximum Gasteiger partial charge on any atom is 0.338 e. The number of hydrogen-bond donors (Lipinski definition) is 0. The summed E-state index contributed by atoms with van der Waals surface area (Å²) >= 11 is 0. The van der Waals surface area contributed by atoms with Crippen LogP contribution in [-0.4, -0.2) is 26.8 Å². The Hall–Kier alpha value is -1.55. The molecule has 0 aliphatic heterocycles. The molecule has 0 radical (unpaired) electrons. The fourth-order valence-corrected chi connectivity index (χ4v) is 1.64. The van der Waals surface area contributed by atoms with E-state index in [2.05, 4.69) is 0 Å². The van der Waals surface area contributed by atoms with Gasteiger partial charge < -0.3 is 14.2 Å². The standard InChI is InChI=1S/C14H20O4/c1-6-18-13(15)10-7-8-11(12(9-10)16-4)14(2,3)17-5/h7-9H,6H2,1-5H3. The molecule has 0 aliphatic rings. The summed E-state index contributed by atoms with van der Waals surface area (Å²) in [7, 11) is 3.21. The normalized spacial score (nSPS) is 11.2. The molecule has 0 saturated carbocycles. The second-order valence-electron chi connectivity index (χ2n) is 4.35. The van der Waals surface area contributed by atoms with Crippen LogP contribution in [-0.2, 0) is 15.1 Å². The molecule has 1 aromatic carbocycles. The summed E-state index contributed by atoms with van der Waals surface area (Å²) in [6, 6.07) is 5.22. The third-order valence-electron chi connectivity index (χ3n) is 2.87. The van der Waals surface area contributed by atoms with Gasteiger partial charge in [-0.1, -0.05) is 6.07 Å². The summed E-state index contributed by atoms with van der Waals surface area (Å²) < 4.78 is 15.7. The summed E-state index contributed by atoms with van der Waals surface area (Å²) in [6.45, 7) is 6.01. The van der Waals surface area contributed by atoms with Crippen molar-refractivity contribution in [2.45, 2.75) is 26.4 Å². The largest absolute Gasteiger partial charge is 0.496 e. The highest BCUT2D eigenvalue weighted by Gasteiger charge is 2.24. The van der Waals surface area contributed by atoms with Gasteiger partial charge >= 0.3 is 5.97 Å². The first-order chi connectivity index (χ1) is 8.46. The van der Waals surface area contributed by atoms with Crippen molar-refractivity contribution < 1.29 is 19.0 Å². The fourth-order valence-electron chi connectivity index (χ4n) is 1.64. The van der Waals surface area contributed by atoms with Gasteiger partial charge in [-0.15, -0.1) is 0 Å². The minimum Gasteiger partial charge on any atom is -0.496 e. The zero-order valence-corrected chi connectivity index (χ0v) is 11.6. The number of esters is 1. The summed E-state index contributed by atoms with van der Waals surface area (Å²) in [5.41, 5.74) is 0.892. The molecule has 0 spiro atoms. The molecule has 0 aromatic heterocycles. The Bertz CT molecular complexity index is 424. The first-order valence-electron chi connectivity index (χ1n) is 5.87. The van der Waals surface area contributed by atoms with E-state index >= 15 is 0 Å². The molecule has 4 nitrogen and oxygen atoms in total. The lowest BCUT2D eigenvalue weighted by atomic mass is 9.95. The van der Waals surface area contributed by atoms with Crippen LogP contribution in [0, 0.1) is 0 Å². The number of benzene rings is 1. The molecule has 0 atom stereocenters. The van der Waals surface area contributed by atoms with E-state index < -0.39 is 5.60 Å². The van der Waals surface area contributed by atoms with Crippen LogP contribution in [0.25, 0.3) is 0 Å². The van der Waals surface area contributed by atoms with Crippen LogP contribution in [0.2, 0.25) is 0 Å². The predicted octanol–water partition coefficient (Wildman–Crippen LogP) is 2.75. The smallest absolute Gasteiger partial charge is 0.338 e. The molecule has 0 amide bonds. The molecule has 0 fully saturated rings. The second-order valence-corrected chi connectivity index (χ2v) is 4.35. The lowest BCUT2D eigenvalue weighted by molar-refractivity contribution is 0.0172. The number of methoxy groups -OCH3 is 2. The monoisotopic (exact) mass is 252 g/mol. The van der Waals surface area contributed by atoms with E-state index in [9.17, 15) is 4.79 Å². The summed E-state index contributed by atoms with van der Waals surface area (Å²) in [5.74, 6) is 0.268. The van der Waals surface area contributed by atoms with Crippen LogP contribution >= 0.6 is 0 Å². The minimum absolute atomic E-state index is 0.349. The van der Waals surface area contributed by atoms with Crippen LogP contribution in [0.15, 0.2) is 18.2 Å². The van der Waals surface area contributed by atoms with E-state index in [1.807, 2.05) is 19.9 Å². The Morgan fingerprint density at radius 3 is 2.44 bits per heavy atom. The Balaban J connectivity index is 3.15. The zero-order chi connectivity index (χ0) is 13.8. The van der Waals surface area contributed by atoms with Crippen molar-refractivity contribution in [1.82, 2.24) is 0 Å². The van der Waals surface area contributed by atoms with Crippen molar-refractivity contribution in [3.63, 3.8) is 0 Å². The predicted molar refractivity (Wildman–Crippen MR) is 69.0 cm³/mol. The summed E-state index contributed by atoms with van der Waals surface area (Å²) in [6.07, 6.45) is 0. The SMILES string of the molecule is CCOC(=O)c1ccc(C(C)(C)OC)c(OC)c1. The van der Waals surface area contributed by atoms with Crippen molar-refractivity contribution in [3.05, 3.63) is 29.3 Å². The van der Waals surface area contributed by atoms with Gasteiger partial charge in [0.15, 0.2) is 0 Å². The third-order valence-corrected chi connectivity index (χ3v) is 2.87. The van der Waals surface area contributed by atoms with Gasteiger partial charge in [-0.05, 0) is 32.9 Å². The van der Waals surface area contributed by atoms with Gasteiger partial charge in [0.2, 0.25) is 0 Å². The van der Waals surface area contributed by atoms with Gasteiger partial charge in [-0.2, -0.15) is 0 Å². The lowest BCUT2D eigenvalue weighted by Crippen LogP contribution is -2.20. The van der Waals surface area contributed by atoms with Gasteiger partial charge in [0.05, 0.1) is 24.9 Å². The maximum atomic E-state index is 11.6. The average molecular weight is 252 g/mol. The molecule has 0 N–H and O–H groups in total. The summed E-state index contributed by atoms with van der Waals surface area (Å²) in [4.78, 5) is 11.6. The average Bonchev–Trinajstić information content (AvgIpc) is 2.38. The van der Waals surface area contributed by atoms with Crippen molar-refractivity contribution in [3.8, 4) is 5.75 Å². The quantitative estimate of drug-likeness (QED) is 0.756. The van der Waals surface area contributed by atoms with Gasteiger partial charge in [0, 0.05) is 12.7 Å². The van der Waals surface area contributed by atoms with Crippen molar-refractivity contribution in [2.24, 2.45) is 0 Å². The van der Waals surface area contributed by atoms with Gasteiger partial charge in [-0.25, -0.2) is 4.79 Å². The highest BCUT2D eigenvalue weighted by atomic mass is 16.5. The van der Waals surface area contributed by atoms with E-state index in [1.165, 1.54) is 0 Å². The topological polar surface area (TPSA) is 44.8 Å². The van der Waals surface area contributed by atoms with Crippen LogP contribution in [0.1, 0.15) is 36.7 Å². The van der Waals surface area contributed by atoms with E-state index in [4.69, 9.17) is 14.2 Å². The third kappa shape index (κ3) is 3.01. The Morgan fingerprint density at radius 1 is 1.28 bits per heavy atom. The van der Waals surface area contributed by atoms with E-state index in [1.54, 1.807) is 33.3 Å². The molecule has 0 unspecified atom stereocenters. The Morgan fingerprint density at radius 2 is 1.94 bits per heavy atom. The molecule has 1 aromatic rings. The number of rotatable bonds is 5. The van der Waals surface area contributed by atoms with Gasteiger partial charge in [0.1, 0.15) is 5.75 Å². The molecule has 18 heavy (non-hydrogen) atoms. The van der Waals surface area contributed by atoms with Gasteiger partial charge in [0.25, 0.3) is 0 Å². The molecular formula is C14H20O4. The number of carbonyl (C=O) groups is 1. The van der Waals surface area contributed by atoms with Crippen LogP contribution in [0.5, 0.6) is 5.75 Å². The van der Waals surface area contributed by atoms with Gasteiger partial charge in [-0.3, -0.25) is 0 Å². The molecule has 0 saturated heterocycles. The lowest BCUT2D eigenvalue weighted by Gasteiger charge is -2.25. The highest BCUT2D eigenvalue weighted by Crippen LogP contribution is 2.32. The maximum absolute atomic E-state index is 11.6. The van der Waals surface area contributed by atoms with Crippen molar-refractivity contribution in [2.75, 3.05) is 20.8 Å². The second kappa shape index (κ2) is 5.87. The molecule has 100 valence electrons. The molecular weight excluding hydrogens is 232 g/mol. The highest BCUT2D eigenvalue weighted by molar-refractivity contribution is 5.90. The minimum atomic E-state index is -0.474. The van der Waals surface area contributed by atoms with Crippen LogP contribution in [0.3, 0.4) is 0 Å². The van der Waals surface area contributed by atoms with Crippen LogP contribution in [0.4, 0.5) is 0 Å². The fraction of sp³-hybridized carbons (Fsp3) is 0.500. The van der Waals surface area contributed by atoms with E-state index in [0.29, 0.717) is 17.9 Å². The Kier molecular flexibility index (Phi) is 4.73. The first kappa shape index (κ1) is 14.5. The Labute approximate surface area is 108 Å². The summed E-state index contributed by atoms with van der Waals surface area (Å²) in [5, 5.41) is 0. The number of ether oxygens (including phenoxy) is 3. The number of carbonyl (C=O) groups excluding carboxylic acids is 1. The molecule has 4 heteroatoms. The van der Waals surface area contributed by atoms with Crippen LogP contribution < -0.4 is 4.74 Å². The first-order valence-corrected chi connectivity index (χ1v) is 5.87. The van der Waals surface area contributed by atoms with Crippen molar-refractivity contribution in [1.29, 1.82) is 0 Å². The molecule has 0 aliphatic carbocycles. The van der Waals surface area contributed by atoms with E-state index in [-0.39, 0.29) is 5.97 Å². The zero-order valence-electron chi connectivity index (χ0n) is 11.6. The molecule has 0 bridgehead atoms. The molecule has 1 rings (SSSR count). The number of hydrogen-bond acceptors (Lipinski definition) is 4. The molecule has 0 heterocycles. The van der Waals surface area contributed by atoms with E-state index in [0.717, 1.165) is 5.56 Å². The van der Waals surface area contributed by atoms with Crippen molar-refractivity contribution >= 4 is 5.97 Å².